The highest BCUT2D eigenvalue weighted by molar-refractivity contribution is 9.10. The Labute approximate surface area is 126 Å². The Hall–Kier alpha value is -1.86. The van der Waals surface area contributed by atoms with Crippen molar-refractivity contribution >= 4 is 48.2 Å². The van der Waals surface area contributed by atoms with E-state index in [1.54, 1.807) is 0 Å². The molecule has 4 aromatic rings. The van der Waals surface area contributed by atoms with Gasteiger partial charge in [0.25, 0.3) is 0 Å². The first kappa shape index (κ1) is 11.9. The Morgan fingerprint density at radius 1 is 0.650 bits per heavy atom. The second-order valence-corrected chi connectivity index (χ2v) is 6.07. The fourth-order valence-electron chi connectivity index (χ4n) is 3.09. The molecule has 0 bridgehead atoms. The topological polar surface area (TPSA) is 0 Å². The maximum Gasteiger partial charge on any atom is 0.0253 e. The van der Waals surface area contributed by atoms with Crippen molar-refractivity contribution in [3.63, 3.8) is 0 Å². The highest BCUT2D eigenvalue weighted by atomic mass is 79.9. The summed E-state index contributed by atoms with van der Waals surface area (Å²) in [7, 11) is 0. The minimum absolute atomic E-state index is 1.16. The van der Waals surface area contributed by atoms with Crippen molar-refractivity contribution in [2.45, 2.75) is 6.92 Å². The Bertz CT molecular complexity index is 967. The lowest BCUT2D eigenvalue weighted by Gasteiger charge is -2.11. The normalized spacial score (nSPS) is 11.5. The lowest BCUT2D eigenvalue weighted by atomic mass is 9.94. The molecule has 0 aliphatic carbocycles. The van der Waals surface area contributed by atoms with E-state index in [1.807, 2.05) is 0 Å². The average Bonchev–Trinajstić information content (AvgIpc) is 2.48. The highest BCUT2D eigenvalue weighted by Gasteiger charge is 2.07. The molecule has 0 aromatic heterocycles. The summed E-state index contributed by atoms with van der Waals surface area (Å²) in [5.74, 6) is 0. The third-order valence-electron chi connectivity index (χ3n) is 4.12. The minimum Gasteiger partial charge on any atom is -0.0616 e. The van der Waals surface area contributed by atoms with Crippen LogP contribution in [-0.2, 0) is 0 Å². The first-order valence-corrected chi connectivity index (χ1v) is 7.54. The SMILES string of the molecule is Cc1c2ccccc2cc2c1ccc1c(Br)cccc12. The van der Waals surface area contributed by atoms with Gasteiger partial charge in [0.2, 0.25) is 0 Å². The van der Waals surface area contributed by atoms with Crippen LogP contribution in [0.5, 0.6) is 0 Å². The third kappa shape index (κ3) is 1.60. The van der Waals surface area contributed by atoms with E-state index >= 15 is 0 Å². The molecule has 0 fully saturated rings. The first-order chi connectivity index (χ1) is 9.75. The third-order valence-corrected chi connectivity index (χ3v) is 4.81. The molecule has 0 saturated carbocycles. The van der Waals surface area contributed by atoms with E-state index in [1.165, 1.54) is 37.9 Å². The maximum atomic E-state index is 3.65. The number of benzene rings is 4. The molecular formula is C19H13Br. The molecule has 0 heterocycles. The fraction of sp³-hybridized carbons (Fsp3) is 0.0526. The van der Waals surface area contributed by atoms with E-state index in [0.29, 0.717) is 0 Å². The van der Waals surface area contributed by atoms with Gasteiger partial charge in [-0.2, -0.15) is 0 Å². The maximum absolute atomic E-state index is 3.65. The Morgan fingerprint density at radius 3 is 2.30 bits per heavy atom. The van der Waals surface area contributed by atoms with Crippen molar-refractivity contribution < 1.29 is 0 Å². The van der Waals surface area contributed by atoms with E-state index < -0.39 is 0 Å². The predicted molar refractivity (Wildman–Crippen MR) is 91.4 cm³/mol. The van der Waals surface area contributed by atoms with Crippen molar-refractivity contribution in [2.75, 3.05) is 0 Å². The number of halogens is 1. The highest BCUT2D eigenvalue weighted by Crippen LogP contribution is 2.35. The van der Waals surface area contributed by atoms with Crippen molar-refractivity contribution in [3.05, 3.63) is 70.7 Å². The van der Waals surface area contributed by atoms with Crippen LogP contribution in [0.4, 0.5) is 0 Å². The number of hydrogen-bond acceptors (Lipinski definition) is 0. The molecule has 0 unspecified atom stereocenters. The van der Waals surface area contributed by atoms with Gasteiger partial charge in [-0.1, -0.05) is 64.5 Å². The molecule has 0 aliphatic rings. The molecule has 0 N–H and O–H groups in total. The molecule has 20 heavy (non-hydrogen) atoms. The Kier molecular flexibility index (Phi) is 2.58. The van der Waals surface area contributed by atoms with E-state index in [4.69, 9.17) is 0 Å². The molecule has 0 radical (unpaired) electrons. The van der Waals surface area contributed by atoms with Gasteiger partial charge >= 0.3 is 0 Å². The van der Waals surface area contributed by atoms with E-state index in [2.05, 4.69) is 83.5 Å². The second kappa shape index (κ2) is 4.32. The molecule has 0 saturated heterocycles. The van der Waals surface area contributed by atoms with Crippen molar-refractivity contribution in [1.29, 1.82) is 0 Å². The van der Waals surface area contributed by atoms with E-state index in [0.717, 1.165) is 4.47 Å². The van der Waals surface area contributed by atoms with Gasteiger partial charge in [-0.25, -0.2) is 0 Å². The summed E-state index contributed by atoms with van der Waals surface area (Å²) in [6.45, 7) is 2.22. The van der Waals surface area contributed by atoms with Crippen molar-refractivity contribution in [2.24, 2.45) is 0 Å². The predicted octanol–water partition coefficient (Wildman–Crippen LogP) is 6.22. The molecule has 4 rings (SSSR count). The Balaban J connectivity index is 2.31. The van der Waals surface area contributed by atoms with Gasteiger partial charge < -0.3 is 0 Å². The molecular weight excluding hydrogens is 308 g/mol. The zero-order chi connectivity index (χ0) is 13.7. The van der Waals surface area contributed by atoms with Crippen LogP contribution in [0.15, 0.2) is 65.1 Å². The van der Waals surface area contributed by atoms with E-state index in [9.17, 15) is 0 Å². The van der Waals surface area contributed by atoms with Gasteiger partial charge in [-0.15, -0.1) is 0 Å². The van der Waals surface area contributed by atoms with Crippen LogP contribution >= 0.6 is 15.9 Å². The molecule has 4 aromatic carbocycles. The number of aryl methyl sites for hydroxylation is 1. The smallest absolute Gasteiger partial charge is 0.0253 e. The van der Waals surface area contributed by atoms with Crippen LogP contribution < -0.4 is 0 Å². The summed E-state index contributed by atoms with van der Waals surface area (Å²) in [6.07, 6.45) is 0. The monoisotopic (exact) mass is 320 g/mol. The van der Waals surface area contributed by atoms with Crippen molar-refractivity contribution in [3.8, 4) is 0 Å². The lowest BCUT2D eigenvalue weighted by molar-refractivity contribution is 1.59. The molecule has 0 aliphatic heterocycles. The minimum atomic E-state index is 1.16. The van der Waals surface area contributed by atoms with Gasteiger partial charge in [0.05, 0.1) is 0 Å². The molecule has 96 valence electrons. The quantitative estimate of drug-likeness (QED) is 0.266. The second-order valence-electron chi connectivity index (χ2n) is 5.22. The standard InChI is InChI=1S/C19H13Br/c1-12-14-6-3-2-5-13(14)11-18-15(12)9-10-17-16(18)7-4-8-19(17)20/h2-11H,1H3. The molecule has 0 spiro atoms. The Morgan fingerprint density at radius 2 is 1.40 bits per heavy atom. The van der Waals surface area contributed by atoms with Crippen LogP contribution in [0.2, 0.25) is 0 Å². The van der Waals surface area contributed by atoms with E-state index in [-0.39, 0.29) is 0 Å². The molecule has 0 nitrogen and oxygen atoms in total. The van der Waals surface area contributed by atoms with Crippen LogP contribution in [0.1, 0.15) is 5.56 Å². The fourth-order valence-corrected chi connectivity index (χ4v) is 3.59. The zero-order valence-electron chi connectivity index (χ0n) is 11.2. The zero-order valence-corrected chi connectivity index (χ0v) is 12.7. The van der Waals surface area contributed by atoms with Crippen LogP contribution in [0.3, 0.4) is 0 Å². The number of fused-ring (bicyclic) bond motifs is 4. The van der Waals surface area contributed by atoms with Crippen LogP contribution in [0, 0.1) is 6.92 Å². The van der Waals surface area contributed by atoms with Gasteiger partial charge in [-0.3, -0.25) is 0 Å². The summed E-state index contributed by atoms with van der Waals surface area (Å²) >= 11 is 3.65. The first-order valence-electron chi connectivity index (χ1n) is 6.75. The largest absolute Gasteiger partial charge is 0.0616 e. The number of hydrogen-bond donors (Lipinski definition) is 0. The summed E-state index contributed by atoms with van der Waals surface area (Å²) in [4.78, 5) is 0. The summed E-state index contributed by atoms with van der Waals surface area (Å²) in [5.41, 5.74) is 1.36. The molecule has 0 atom stereocenters. The van der Waals surface area contributed by atoms with Gasteiger partial charge in [0.1, 0.15) is 0 Å². The van der Waals surface area contributed by atoms with Gasteiger partial charge in [0, 0.05) is 4.47 Å². The summed E-state index contributed by atoms with van der Waals surface area (Å²) < 4.78 is 1.16. The molecule has 0 amide bonds. The molecule has 1 heteroatoms. The van der Waals surface area contributed by atoms with Crippen LogP contribution in [-0.4, -0.2) is 0 Å². The van der Waals surface area contributed by atoms with Crippen molar-refractivity contribution in [1.82, 2.24) is 0 Å². The number of rotatable bonds is 0. The summed E-state index contributed by atoms with van der Waals surface area (Å²) in [5, 5.41) is 7.91. The average molecular weight is 321 g/mol. The van der Waals surface area contributed by atoms with Crippen LogP contribution in [0.25, 0.3) is 32.3 Å². The van der Waals surface area contributed by atoms with Gasteiger partial charge in [-0.05, 0) is 56.9 Å². The summed E-state index contributed by atoms with van der Waals surface area (Å²) in [6, 6.07) is 21.8. The lowest BCUT2D eigenvalue weighted by Crippen LogP contribution is -1.85. The van der Waals surface area contributed by atoms with Gasteiger partial charge in [0.15, 0.2) is 0 Å².